The highest BCUT2D eigenvalue weighted by Gasteiger charge is 2.37. The Morgan fingerprint density at radius 2 is 1.60 bits per heavy atom. The molecule has 0 saturated carbocycles. The predicted octanol–water partition coefficient (Wildman–Crippen LogP) is 3.89. The summed E-state index contributed by atoms with van der Waals surface area (Å²) in [5, 5.41) is 9.89. The van der Waals surface area contributed by atoms with Crippen LogP contribution in [0.1, 0.15) is 51.7 Å². The topological polar surface area (TPSA) is 39.6 Å². The van der Waals surface area contributed by atoms with Crippen LogP contribution in [0.2, 0.25) is 0 Å². The number of alkyl halides is 3. The van der Waals surface area contributed by atoms with Gasteiger partial charge in [0.05, 0.1) is 11.2 Å². The number of piperazine rings is 1. The summed E-state index contributed by atoms with van der Waals surface area (Å²) >= 11 is 0. The Hall–Kier alpha value is -1.34. The molecule has 0 aliphatic carbocycles. The number of pyridine rings is 1. The van der Waals surface area contributed by atoms with E-state index in [0.717, 1.165) is 6.07 Å². The predicted molar refractivity (Wildman–Crippen MR) is 94.8 cm³/mol. The van der Waals surface area contributed by atoms with Crippen molar-refractivity contribution >= 4 is 5.82 Å². The van der Waals surface area contributed by atoms with Crippen molar-refractivity contribution in [3.63, 3.8) is 0 Å². The Kier molecular flexibility index (Phi) is 7.68. The molecule has 25 heavy (non-hydrogen) atoms. The highest BCUT2D eigenvalue weighted by Crippen LogP contribution is 2.37. The van der Waals surface area contributed by atoms with E-state index >= 15 is 0 Å². The van der Waals surface area contributed by atoms with Crippen LogP contribution in [0.25, 0.3) is 0 Å². The first-order valence-electron chi connectivity index (χ1n) is 8.74. The average molecular weight is 361 g/mol. The largest absolute Gasteiger partial charge is 0.419 e. The summed E-state index contributed by atoms with van der Waals surface area (Å²) in [6.07, 6.45) is -0.532. The van der Waals surface area contributed by atoms with E-state index in [9.17, 15) is 18.3 Å². The maximum atomic E-state index is 13.3. The highest BCUT2D eigenvalue weighted by molar-refractivity contribution is 5.51. The number of halogens is 3. The van der Waals surface area contributed by atoms with E-state index in [0.29, 0.717) is 26.2 Å². The van der Waals surface area contributed by atoms with Gasteiger partial charge in [-0.05, 0) is 27.0 Å². The smallest absolute Gasteiger partial charge is 0.386 e. The second-order valence-electron chi connectivity index (χ2n) is 6.94. The van der Waals surface area contributed by atoms with Gasteiger partial charge in [-0.3, -0.25) is 0 Å². The summed E-state index contributed by atoms with van der Waals surface area (Å²) in [5.74, 6) is -0.0522. The fraction of sp³-hybridized carbons (Fsp3) is 0.722. The molecule has 2 heterocycles. The van der Waals surface area contributed by atoms with Gasteiger partial charge >= 0.3 is 6.18 Å². The Labute approximate surface area is 148 Å². The molecule has 0 atom stereocenters. The molecule has 0 unspecified atom stereocenters. The van der Waals surface area contributed by atoms with Crippen LogP contribution in [0.5, 0.6) is 0 Å². The fourth-order valence-electron chi connectivity index (χ4n) is 2.27. The van der Waals surface area contributed by atoms with Gasteiger partial charge in [-0.15, -0.1) is 0 Å². The monoisotopic (exact) mass is 361 g/mol. The molecular weight excluding hydrogens is 331 g/mol. The van der Waals surface area contributed by atoms with Gasteiger partial charge in [0.25, 0.3) is 0 Å². The van der Waals surface area contributed by atoms with Crippen LogP contribution in [0, 0.1) is 0 Å². The van der Waals surface area contributed by atoms with Crippen LogP contribution in [-0.2, 0) is 11.8 Å². The van der Waals surface area contributed by atoms with Crippen molar-refractivity contribution in [2.45, 2.75) is 52.3 Å². The molecule has 0 amide bonds. The molecule has 4 nitrogen and oxygen atoms in total. The first-order valence-corrected chi connectivity index (χ1v) is 8.74. The molecule has 1 aromatic rings. The Balaban J connectivity index is 0.000000705. The van der Waals surface area contributed by atoms with Crippen LogP contribution in [-0.4, -0.2) is 48.2 Å². The lowest BCUT2D eigenvalue weighted by Crippen LogP contribution is -2.45. The molecule has 7 heteroatoms. The van der Waals surface area contributed by atoms with E-state index in [1.807, 2.05) is 7.05 Å². The minimum atomic E-state index is -4.49. The molecule has 1 aromatic heterocycles. The lowest BCUT2D eigenvalue weighted by Gasteiger charge is -2.34. The standard InChI is InChI=1S/C14H20F3N3O.C4H10/c1-13(2,21)10-8-11(14(15,16)17)12(18-9-10)20-6-4-19(3)5-7-20;1-3-4-2/h8-9,21H,4-7H2,1-3H3;3-4H2,1-2H3. The van der Waals surface area contributed by atoms with Crippen LogP contribution in [0.15, 0.2) is 12.3 Å². The van der Waals surface area contributed by atoms with Gasteiger partial charge in [-0.25, -0.2) is 4.98 Å². The summed E-state index contributed by atoms with van der Waals surface area (Å²) < 4.78 is 39.9. The number of hydrogen-bond donors (Lipinski definition) is 1. The van der Waals surface area contributed by atoms with E-state index in [1.165, 1.54) is 32.9 Å². The molecule has 1 fully saturated rings. The van der Waals surface area contributed by atoms with Gasteiger partial charge in [0.15, 0.2) is 0 Å². The number of likely N-dealkylation sites (N-methyl/N-ethyl adjacent to an activating group) is 1. The minimum absolute atomic E-state index is 0.0522. The lowest BCUT2D eigenvalue weighted by atomic mass is 9.98. The van der Waals surface area contributed by atoms with Crippen molar-refractivity contribution in [2.75, 3.05) is 38.1 Å². The summed E-state index contributed by atoms with van der Waals surface area (Å²) in [7, 11) is 1.94. The minimum Gasteiger partial charge on any atom is -0.386 e. The van der Waals surface area contributed by atoms with Crippen molar-refractivity contribution in [2.24, 2.45) is 0 Å². The van der Waals surface area contributed by atoms with Gasteiger partial charge in [-0.1, -0.05) is 26.7 Å². The Morgan fingerprint density at radius 1 is 1.08 bits per heavy atom. The van der Waals surface area contributed by atoms with Gasteiger partial charge < -0.3 is 14.9 Å². The first kappa shape index (κ1) is 21.7. The van der Waals surface area contributed by atoms with Crippen molar-refractivity contribution in [1.82, 2.24) is 9.88 Å². The molecule has 1 aliphatic rings. The maximum Gasteiger partial charge on any atom is 0.419 e. The number of anilines is 1. The van der Waals surface area contributed by atoms with Crippen molar-refractivity contribution < 1.29 is 18.3 Å². The number of hydrogen-bond acceptors (Lipinski definition) is 4. The Bertz CT molecular complexity index is 531. The summed E-state index contributed by atoms with van der Waals surface area (Å²) in [5.41, 5.74) is -1.98. The summed E-state index contributed by atoms with van der Waals surface area (Å²) in [4.78, 5) is 7.70. The SMILES string of the molecule is CCCC.CN1CCN(c2ncc(C(C)(C)O)cc2C(F)(F)F)CC1. The number of nitrogens with zero attached hydrogens (tertiary/aromatic N) is 3. The third-order valence-electron chi connectivity index (χ3n) is 4.18. The number of aliphatic hydroxyl groups is 1. The van der Waals surface area contributed by atoms with E-state index < -0.39 is 17.3 Å². The van der Waals surface area contributed by atoms with E-state index in [4.69, 9.17) is 0 Å². The van der Waals surface area contributed by atoms with E-state index in [2.05, 4.69) is 23.7 Å². The molecule has 0 bridgehead atoms. The number of aromatic nitrogens is 1. The van der Waals surface area contributed by atoms with Gasteiger partial charge in [0.2, 0.25) is 0 Å². The van der Waals surface area contributed by atoms with Gasteiger partial charge in [0.1, 0.15) is 5.82 Å². The second kappa shape index (κ2) is 8.85. The quantitative estimate of drug-likeness (QED) is 0.887. The zero-order chi connectivity index (χ0) is 19.3. The highest BCUT2D eigenvalue weighted by atomic mass is 19.4. The normalized spacial score (nSPS) is 16.4. The van der Waals surface area contributed by atoms with Crippen LogP contribution < -0.4 is 4.90 Å². The zero-order valence-electron chi connectivity index (χ0n) is 15.8. The van der Waals surface area contributed by atoms with Crippen molar-refractivity contribution in [1.29, 1.82) is 0 Å². The van der Waals surface area contributed by atoms with Crippen LogP contribution in [0.4, 0.5) is 19.0 Å². The molecule has 1 saturated heterocycles. The van der Waals surface area contributed by atoms with Crippen molar-refractivity contribution in [3.8, 4) is 0 Å². The molecule has 0 spiro atoms. The third kappa shape index (κ3) is 6.47. The van der Waals surface area contributed by atoms with E-state index in [-0.39, 0.29) is 11.4 Å². The first-order chi connectivity index (χ1) is 11.5. The lowest BCUT2D eigenvalue weighted by molar-refractivity contribution is -0.137. The van der Waals surface area contributed by atoms with Crippen LogP contribution >= 0.6 is 0 Å². The summed E-state index contributed by atoms with van der Waals surface area (Å²) in [6, 6.07) is 1.00. The van der Waals surface area contributed by atoms with Gasteiger partial charge in [-0.2, -0.15) is 13.2 Å². The number of rotatable bonds is 3. The van der Waals surface area contributed by atoms with Crippen molar-refractivity contribution in [3.05, 3.63) is 23.4 Å². The molecule has 0 radical (unpaired) electrons. The summed E-state index contributed by atoms with van der Waals surface area (Å²) in [6.45, 7) is 9.67. The fourth-order valence-corrected chi connectivity index (χ4v) is 2.27. The molecule has 1 N–H and O–H groups in total. The third-order valence-corrected chi connectivity index (χ3v) is 4.18. The van der Waals surface area contributed by atoms with Crippen LogP contribution in [0.3, 0.4) is 0 Å². The molecule has 0 aromatic carbocycles. The molecule has 2 rings (SSSR count). The second-order valence-corrected chi connectivity index (χ2v) is 6.94. The molecule has 1 aliphatic heterocycles. The Morgan fingerprint density at radius 3 is 2.00 bits per heavy atom. The van der Waals surface area contributed by atoms with Gasteiger partial charge in [0, 0.05) is 37.9 Å². The zero-order valence-corrected chi connectivity index (χ0v) is 15.8. The average Bonchev–Trinajstić information content (AvgIpc) is 2.53. The van der Waals surface area contributed by atoms with E-state index in [1.54, 1.807) is 4.90 Å². The molecule has 144 valence electrons. The molecular formula is C18H30F3N3O. The number of unbranched alkanes of at least 4 members (excludes halogenated alkanes) is 1. The maximum absolute atomic E-state index is 13.3.